The molecular formula is C13H16N4O2S. The second-order valence-electron chi connectivity index (χ2n) is 4.39. The van der Waals surface area contributed by atoms with Crippen molar-refractivity contribution in [3.63, 3.8) is 0 Å². The van der Waals surface area contributed by atoms with E-state index in [2.05, 4.69) is 15.1 Å². The molecule has 2 rings (SSSR count). The number of nitrogens with two attached hydrogens (primary N) is 1. The van der Waals surface area contributed by atoms with Crippen LogP contribution in [-0.2, 0) is 10.0 Å². The van der Waals surface area contributed by atoms with Crippen molar-refractivity contribution in [2.75, 3.05) is 10.1 Å². The molecule has 1 aromatic heterocycles. The number of nitrogens with zero attached hydrogens (tertiary/aromatic N) is 1. The topological polar surface area (TPSA) is 97.1 Å². The van der Waals surface area contributed by atoms with Crippen molar-refractivity contribution in [3.8, 4) is 0 Å². The van der Waals surface area contributed by atoms with E-state index in [0.29, 0.717) is 5.69 Å². The third-order valence-electron chi connectivity index (χ3n) is 2.91. The van der Waals surface area contributed by atoms with Gasteiger partial charge in [0.25, 0.3) is 10.0 Å². The molecule has 0 amide bonds. The SMILES string of the molecule is Cc1cccc(C)c1NS(=O)(=O)c1ccnc(NN)c1. The van der Waals surface area contributed by atoms with Crippen LogP contribution in [0.1, 0.15) is 11.1 Å². The van der Waals surface area contributed by atoms with Crippen molar-refractivity contribution in [2.45, 2.75) is 18.7 Å². The zero-order valence-electron chi connectivity index (χ0n) is 11.2. The van der Waals surface area contributed by atoms with Crippen LogP contribution in [0.3, 0.4) is 0 Å². The van der Waals surface area contributed by atoms with Gasteiger partial charge in [-0.3, -0.25) is 4.72 Å². The number of anilines is 2. The number of nitrogen functional groups attached to an aromatic ring is 1. The highest BCUT2D eigenvalue weighted by Gasteiger charge is 2.17. The van der Waals surface area contributed by atoms with E-state index < -0.39 is 10.0 Å². The first-order valence-corrected chi connectivity index (χ1v) is 7.44. The Hall–Kier alpha value is -2.12. The molecule has 1 aromatic carbocycles. The first-order chi connectivity index (χ1) is 9.44. The van der Waals surface area contributed by atoms with Gasteiger partial charge < -0.3 is 5.43 Å². The lowest BCUT2D eigenvalue weighted by Gasteiger charge is -2.13. The molecule has 0 aliphatic rings. The van der Waals surface area contributed by atoms with Crippen molar-refractivity contribution >= 4 is 21.5 Å². The van der Waals surface area contributed by atoms with Crippen molar-refractivity contribution in [1.82, 2.24) is 4.98 Å². The van der Waals surface area contributed by atoms with Crippen LogP contribution in [0.5, 0.6) is 0 Å². The number of para-hydroxylation sites is 1. The minimum Gasteiger partial charge on any atom is -0.308 e. The van der Waals surface area contributed by atoms with Gasteiger partial charge in [-0.25, -0.2) is 19.2 Å². The predicted molar refractivity (Wildman–Crippen MR) is 78.8 cm³/mol. The molecule has 20 heavy (non-hydrogen) atoms. The summed E-state index contributed by atoms with van der Waals surface area (Å²) in [6.45, 7) is 3.70. The number of hydrogen-bond donors (Lipinski definition) is 3. The van der Waals surface area contributed by atoms with Gasteiger partial charge in [0.05, 0.1) is 10.6 Å². The van der Waals surface area contributed by atoms with E-state index in [0.717, 1.165) is 11.1 Å². The molecule has 0 bridgehead atoms. The van der Waals surface area contributed by atoms with Gasteiger partial charge in [0.15, 0.2) is 0 Å². The highest BCUT2D eigenvalue weighted by atomic mass is 32.2. The maximum absolute atomic E-state index is 12.4. The Morgan fingerprint density at radius 2 is 1.80 bits per heavy atom. The Morgan fingerprint density at radius 1 is 1.15 bits per heavy atom. The number of aromatic nitrogens is 1. The number of benzene rings is 1. The predicted octanol–water partition coefficient (Wildman–Crippen LogP) is 1.78. The van der Waals surface area contributed by atoms with Gasteiger partial charge in [-0.2, -0.15) is 0 Å². The summed E-state index contributed by atoms with van der Waals surface area (Å²) in [5.41, 5.74) is 4.63. The van der Waals surface area contributed by atoms with Crippen molar-refractivity contribution in [3.05, 3.63) is 47.7 Å². The number of hydrogen-bond acceptors (Lipinski definition) is 5. The highest BCUT2D eigenvalue weighted by Crippen LogP contribution is 2.23. The zero-order chi connectivity index (χ0) is 14.8. The second-order valence-corrected chi connectivity index (χ2v) is 6.08. The minimum absolute atomic E-state index is 0.100. The summed E-state index contributed by atoms with van der Waals surface area (Å²) >= 11 is 0. The lowest BCUT2D eigenvalue weighted by molar-refractivity contribution is 0.601. The standard InChI is InChI=1S/C13H16N4O2S/c1-9-4-3-5-10(2)13(9)17-20(18,19)11-6-7-15-12(8-11)16-14/h3-8,17H,14H2,1-2H3,(H,15,16). The molecule has 0 radical (unpaired) electrons. The lowest BCUT2D eigenvalue weighted by Crippen LogP contribution is -2.16. The first kappa shape index (κ1) is 14.3. The number of pyridine rings is 1. The van der Waals surface area contributed by atoms with Gasteiger partial charge >= 0.3 is 0 Å². The Kier molecular flexibility index (Phi) is 3.91. The third kappa shape index (κ3) is 2.89. The number of nitrogens with one attached hydrogen (secondary N) is 2. The van der Waals surface area contributed by atoms with Crippen LogP contribution < -0.4 is 16.0 Å². The quantitative estimate of drug-likeness (QED) is 0.589. The number of aryl methyl sites for hydroxylation is 2. The van der Waals surface area contributed by atoms with Crippen LogP contribution in [0, 0.1) is 13.8 Å². The van der Waals surface area contributed by atoms with Gasteiger partial charge in [0.2, 0.25) is 0 Å². The molecule has 0 aliphatic carbocycles. The molecule has 0 atom stereocenters. The fourth-order valence-electron chi connectivity index (χ4n) is 1.83. The highest BCUT2D eigenvalue weighted by molar-refractivity contribution is 7.92. The van der Waals surface area contributed by atoms with Gasteiger partial charge in [0.1, 0.15) is 5.82 Å². The average Bonchev–Trinajstić information content (AvgIpc) is 2.43. The molecule has 106 valence electrons. The van der Waals surface area contributed by atoms with E-state index in [-0.39, 0.29) is 10.7 Å². The summed E-state index contributed by atoms with van der Waals surface area (Å²) < 4.78 is 27.3. The summed E-state index contributed by atoms with van der Waals surface area (Å²) in [6, 6.07) is 8.37. The molecule has 0 unspecified atom stereocenters. The van der Waals surface area contributed by atoms with Crippen LogP contribution in [0.2, 0.25) is 0 Å². The van der Waals surface area contributed by atoms with E-state index in [4.69, 9.17) is 5.84 Å². The molecule has 6 nitrogen and oxygen atoms in total. The number of sulfonamides is 1. The Morgan fingerprint density at radius 3 is 2.40 bits per heavy atom. The second kappa shape index (κ2) is 5.48. The monoisotopic (exact) mass is 292 g/mol. The molecule has 0 aliphatic heterocycles. The van der Waals surface area contributed by atoms with Gasteiger partial charge in [-0.15, -0.1) is 0 Å². The molecule has 0 saturated heterocycles. The minimum atomic E-state index is -3.68. The van der Waals surface area contributed by atoms with Crippen LogP contribution >= 0.6 is 0 Å². The molecular weight excluding hydrogens is 276 g/mol. The molecule has 0 spiro atoms. The Bertz CT molecular complexity index is 709. The van der Waals surface area contributed by atoms with Crippen LogP contribution in [0.25, 0.3) is 0 Å². The summed E-state index contributed by atoms with van der Waals surface area (Å²) in [5, 5.41) is 0. The van der Waals surface area contributed by atoms with Crippen molar-refractivity contribution in [1.29, 1.82) is 0 Å². The van der Waals surface area contributed by atoms with Gasteiger partial charge in [0, 0.05) is 12.3 Å². The number of rotatable bonds is 4. The van der Waals surface area contributed by atoms with Crippen molar-refractivity contribution in [2.24, 2.45) is 5.84 Å². The maximum atomic E-state index is 12.4. The summed E-state index contributed by atoms with van der Waals surface area (Å²) in [4.78, 5) is 3.99. The summed E-state index contributed by atoms with van der Waals surface area (Å²) in [7, 11) is -3.68. The fraction of sp³-hybridized carbons (Fsp3) is 0.154. The van der Waals surface area contributed by atoms with Gasteiger partial charge in [-0.05, 0) is 31.0 Å². The smallest absolute Gasteiger partial charge is 0.262 e. The largest absolute Gasteiger partial charge is 0.308 e. The average molecular weight is 292 g/mol. The lowest BCUT2D eigenvalue weighted by atomic mass is 10.1. The van der Waals surface area contributed by atoms with E-state index >= 15 is 0 Å². The maximum Gasteiger partial charge on any atom is 0.262 e. The molecule has 1 heterocycles. The first-order valence-electron chi connectivity index (χ1n) is 5.96. The zero-order valence-corrected chi connectivity index (χ0v) is 12.0. The van der Waals surface area contributed by atoms with Crippen LogP contribution in [0.15, 0.2) is 41.4 Å². The molecule has 0 saturated carbocycles. The molecule has 0 fully saturated rings. The normalized spacial score (nSPS) is 11.2. The Balaban J connectivity index is 2.41. The van der Waals surface area contributed by atoms with E-state index in [1.807, 2.05) is 32.0 Å². The van der Waals surface area contributed by atoms with E-state index in [1.165, 1.54) is 18.3 Å². The summed E-state index contributed by atoms with van der Waals surface area (Å²) in [6.07, 6.45) is 1.38. The number of hydrazine groups is 1. The Labute approximate surface area is 118 Å². The van der Waals surface area contributed by atoms with E-state index in [9.17, 15) is 8.42 Å². The fourth-order valence-corrected chi connectivity index (χ4v) is 3.04. The third-order valence-corrected chi connectivity index (χ3v) is 4.25. The van der Waals surface area contributed by atoms with Crippen molar-refractivity contribution < 1.29 is 8.42 Å². The van der Waals surface area contributed by atoms with Crippen LogP contribution in [-0.4, -0.2) is 13.4 Å². The molecule has 7 heteroatoms. The van der Waals surface area contributed by atoms with Gasteiger partial charge in [-0.1, -0.05) is 18.2 Å². The molecule has 4 N–H and O–H groups in total. The van der Waals surface area contributed by atoms with E-state index in [1.54, 1.807) is 0 Å². The van der Waals surface area contributed by atoms with Crippen LogP contribution in [0.4, 0.5) is 11.5 Å². The molecule has 2 aromatic rings. The summed E-state index contributed by atoms with van der Waals surface area (Å²) in [5.74, 6) is 5.52.